The topological polar surface area (TPSA) is 44.4 Å². The molecule has 1 unspecified atom stereocenters. The molecule has 3 aromatic rings. The molecule has 130 valence electrons. The molecule has 0 spiro atoms. The van der Waals surface area contributed by atoms with Gasteiger partial charge in [-0.2, -0.15) is 0 Å². The molecule has 0 bridgehead atoms. The highest BCUT2D eigenvalue weighted by Crippen LogP contribution is 2.40. The van der Waals surface area contributed by atoms with E-state index < -0.39 is 5.54 Å². The van der Waals surface area contributed by atoms with Crippen molar-refractivity contribution in [1.82, 2.24) is 10.9 Å². The molecule has 1 atom stereocenters. The van der Waals surface area contributed by atoms with Gasteiger partial charge in [-0.15, -0.1) is 0 Å². The number of nitrogens with one attached hydrogen (secondary N) is 2. The fourth-order valence-corrected chi connectivity index (χ4v) is 3.61. The molecule has 0 saturated carbocycles. The van der Waals surface area contributed by atoms with Gasteiger partial charge in [0.15, 0.2) is 0 Å². The molecule has 1 heterocycles. The zero-order chi connectivity index (χ0) is 18.1. The van der Waals surface area contributed by atoms with Crippen LogP contribution in [0.25, 0.3) is 0 Å². The molecule has 0 saturated heterocycles. The van der Waals surface area contributed by atoms with Gasteiger partial charge in [0, 0.05) is 25.3 Å². The molecule has 4 rings (SSSR count). The lowest BCUT2D eigenvalue weighted by molar-refractivity contribution is 0.0897. The van der Waals surface area contributed by atoms with Gasteiger partial charge in [-0.3, -0.25) is 10.2 Å². The summed E-state index contributed by atoms with van der Waals surface area (Å²) in [5.41, 5.74) is 10.4. The van der Waals surface area contributed by atoms with E-state index in [1.165, 1.54) is 0 Å². The van der Waals surface area contributed by atoms with Crippen LogP contribution in [-0.4, -0.2) is 20.0 Å². The molecule has 4 heteroatoms. The predicted octanol–water partition coefficient (Wildman–Crippen LogP) is 3.29. The van der Waals surface area contributed by atoms with Gasteiger partial charge < -0.3 is 4.90 Å². The molecule has 0 aromatic heterocycles. The third-order valence-corrected chi connectivity index (χ3v) is 4.96. The molecule has 0 radical (unpaired) electrons. The van der Waals surface area contributed by atoms with Crippen molar-refractivity contribution in [2.45, 2.75) is 5.54 Å². The number of rotatable bonds is 3. The highest BCUT2D eigenvalue weighted by atomic mass is 16.2. The second-order valence-electron chi connectivity index (χ2n) is 6.68. The quantitative estimate of drug-likeness (QED) is 0.767. The lowest BCUT2D eigenvalue weighted by Crippen LogP contribution is -2.58. The van der Waals surface area contributed by atoms with Crippen LogP contribution in [0.3, 0.4) is 0 Å². The molecular formula is C22H21N3O. The molecule has 1 amide bonds. The van der Waals surface area contributed by atoms with Gasteiger partial charge in [-0.05, 0) is 34.9 Å². The van der Waals surface area contributed by atoms with E-state index in [-0.39, 0.29) is 5.91 Å². The van der Waals surface area contributed by atoms with E-state index in [0.29, 0.717) is 5.56 Å². The van der Waals surface area contributed by atoms with Crippen LogP contribution in [0.15, 0.2) is 78.9 Å². The van der Waals surface area contributed by atoms with Crippen molar-refractivity contribution in [1.29, 1.82) is 0 Å². The van der Waals surface area contributed by atoms with Crippen molar-refractivity contribution in [3.8, 4) is 0 Å². The average molecular weight is 343 g/mol. The number of hydrazine groups is 1. The van der Waals surface area contributed by atoms with Crippen LogP contribution >= 0.6 is 0 Å². The summed E-state index contributed by atoms with van der Waals surface area (Å²) in [7, 11) is 4.05. The van der Waals surface area contributed by atoms with Crippen LogP contribution in [0.5, 0.6) is 0 Å². The Morgan fingerprint density at radius 2 is 1.38 bits per heavy atom. The van der Waals surface area contributed by atoms with Crippen LogP contribution in [0.1, 0.15) is 27.0 Å². The summed E-state index contributed by atoms with van der Waals surface area (Å²) in [4.78, 5) is 14.5. The summed E-state index contributed by atoms with van der Waals surface area (Å²) in [6.45, 7) is 0. The fourth-order valence-electron chi connectivity index (χ4n) is 3.61. The highest BCUT2D eigenvalue weighted by Gasteiger charge is 2.42. The van der Waals surface area contributed by atoms with Crippen molar-refractivity contribution < 1.29 is 4.79 Å². The lowest BCUT2D eigenvalue weighted by atomic mass is 9.74. The Kier molecular flexibility index (Phi) is 3.98. The number of anilines is 1. The van der Waals surface area contributed by atoms with E-state index in [9.17, 15) is 4.79 Å². The molecule has 3 aromatic carbocycles. The minimum Gasteiger partial charge on any atom is -0.378 e. The summed E-state index contributed by atoms with van der Waals surface area (Å²) in [5.74, 6) is -0.114. The molecule has 0 fully saturated rings. The Morgan fingerprint density at radius 3 is 2.08 bits per heavy atom. The number of fused-ring (bicyclic) bond motifs is 1. The smallest absolute Gasteiger partial charge is 0.265 e. The van der Waals surface area contributed by atoms with Gasteiger partial charge in [0.05, 0.1) is 0 Å². The van der Waals surface area contributed by atoms with Crippen molar-refractivity contribution in [2.75, 3.05) is 19.0 Å². The first-order valence-corrected chi connectivity index (χ1v) is 8.63. The van der Waals surface area contributed by atoms with E-state index in [4.69, 9.17) is 0 Å². The van der Waals surface area contributed by atoms with Crippen LogP contribution in [0, 0.1) is 0 Å². The first-order valence-electron chi connectivity index (χ1n) is 8.63. The van der Waals surface area contributed by atoms with Gasteiger partial charge >= 0.3 is 0 Å². The number of carbonyl (C=O) groups is 1. The summed E-state index contributed by atoms with van der Waals surface area (Å²) in [5, 5.41) is 0. The largest absolute Gasteiger partial charge is 0.378 e. The first kappa shape index (κ1) is 16.4. The van der Waals surface area contributed by atoms with E-state index in [0.717, 1.165) is 22.4 Å². The number of hydrogen-bond donors (Lipinski definition) is 2. The third-order valence-electron chi connectivity index (χ3n) is 4.96. The minimum atomic E-state index is -0.642. The van der Waals surface area contributed by atoms with Crippen molar-refractivity contribution in [2.24, 2.45) is 0 Å². The maximum absolute atomic E-state index is 12.4. The zero-order valence-corrected chi connectivity index (χ0v) is 14.9. The van der Waals surface area contributed by atoms with Crippen LogP contribution in [0.4, 0.5) is 5.69 Å². The number of hydrogen-bond acceptors (Lipinski definition) is 3. The standard InChI is InChI=1S/C22H21N3O/c1-25(2)18-14-12-17(13-15-18)22(16-8-4-3-5-9-16)20-11-7-6-10-19(20)21(26)23-24-22/h3-15,24H,1-2H3,(H,23,26). The van der Waals surface area contributed by atoms with Crippen molar-refractivity contribution in [3.63, 3.8) is 0 Å². The molecule has 1 aliphatic heterocycles. The average Bonchev–Trinajstić information content (AvgIpc) is 2.70. The predicted molar refractivity (Wildman–Crippen MR) is 104 cm³/mol. The maximum Gasteiger partial charge on any atom is 0.265 e. The summed E-state index contributed by atoms with van der Waals surface area (Å²) in [6.07, 6.45) is 0. The molecule has 0 aliphatic carbocycles. The van der Waals surface area contributed by atoms with Gasteiger partial charge in [0.25, 0.3) is 5.91 Å². The zero-order valence-electron chi connectivity index (χ0n) is 14.9. The van der Waals surface area contributed by atoms with Gasteiger partial charge in [0.1, 0.15) is 5.54 Å². The SMILES string of the molecule is CN(C)c1ccc(C2(c3ccccc3)NNC(=O)c3ccccc32)cc1. The van der Waals surface area contributed by atoms with Crippen LogP contribution < -0.4 is 15.8 Å². The third kappa shape index (κ3) is 2.47. The number of nitrogens with zero attached hydrogens (tertiary/aromatic N) is 1. The normalized spacial score (nSPS) is 18.8. The van der Waals surface area contributed by atoms with Gasteiger partial charge in [-0.25, -0.2) is 5.43 Å². The minimum absolute atomic E-state index is 0.114. The van der Waals surface area contributed by atoms with Crippen molar-refractivity contribution >= 4 is 11.6 Å². The molecule has 2 N–H and O–H groups in total. The lowest BCUT2D eigenvalue weighted by Gasteiger charge is -2.41. The van der Waals surface area contributed by atoms with Crippen LogP contribution in [0.2, 0.25) is 0 Å². The Labute approximate surface area is 153 Å². The molecule has 26 heavy (non-hydrogen) atoms. The number of carbonyl (C=O) groups excluding carboxylic acids is 1. The van der Waals surface area contributed by atoms with E-state index in [1.54, 1.807) is 0 Å². The molecule has 4 nitrogen and oxygen atoms in total. The number of benzene rings is 3. The molecule has 1 aliphatic rings. The van der Waals surface area contributed by atoms with Crippen LogP contribution in [-0.2, 0) is 5.54 Å². The monoisotopic (exact) mass is 343 g/mol. The summed E-state index contributed by atoms with van der Waals surface area (Å²) in [6, 6.07) is 26.4. The molecular weight excluding hydrogens is 322 g/mol. The summed E-state index contributed by atoms with van der Waals surface area (Å²) >= 11 is 0. The summed E-state index contributed by atoms with van der Waals surface area (Å²) < 4.78 is 0. The first-order chi connectivity index (χ1) is 12.6. The Balaban J connectivity index is 1.99. The number of amides is 1. The fraction of sp³-hybridized carbons (Fsp3) is 0.136. The van der Waals surface area contributed by atoms with Gasteiger partial charge in [-0.1, -0.05) is 60.7 Å². The highest BCUT2D eigenvalue weighted by molar-refractivity contribution is 5.97. The maximum atomic E-state index is 12.4. The second-order valence-corrected chi connectivity index (χ2v) is 6.68. The van der Waals surface area contributed by atoms with E-state index in [2.05, 4.69) is 52.1 Å². The van der Waals surface area contributed by atoms with E-state index in [1.807, 2.05) is 56.6 Å². The van der Waals surface area contributed by atoms with Crippen molar-refractivity contribution in [3.05, 3.63) is 101 Å². The van der Waals surface area contributed by atoms with Gasteiger partial charge in [0.2, 0.25) is 0 Å². The Hall–Kier alpha value is -3.11. The second kappa shape index (κ2) is 6.32. The van der Waals surface area contributed by atoms with E-state index >= 15 is 0 Å². The Morgan fingerprint density at radius 1 is 0.769 bits per heavy atom. The Bertz CT molecular complexity index is 935.